The lowest BCUT2D eigenvalue weighted by molar-refractivity contribution is -0.122. The lowest BCUT2D eigenvalue weighted by Gasteiger charge is -2.36. The molecule has 7 heteroatoms. The summed E-state index contributed by atoms with van der Waals surface area (Å²) >= 11 is 1.22. The normalized spacial score (nSPS) is 32.1. The van der Waals surface area contributed by atoms with Crippen molar-refractivity contribution in [2.75, 3.05) is 38.0 Å². The molecule has 1 aromatic heterocycles. The van der Waals surface area contributed by atoms with Gasteiger partial charge < -0.3 is 5.32 Å². The summed E-state index contributed by atoms with van der Waals surface area (Å²) in [5.74, 6) is 0.0719. The Morgan fingerprint density at radius 3 is 3.18 bits per heavy atom. The molecule has 0 aliphatic carbocycles. The van der Waals surface area contributed by atoms with E-state index in [1.54, 1.807) is 6.20 Å². The SMILES string of the molecule is O=C(Nc1cnns1)C1CN2CCCN1CC2. The van der Waals surface area contributed by atoms with Crippen molar-refractivity contribution in [2.45, 2.75) is 12.5 Å². The average Bonchev–Trinajstić information content (AvgIpc) is 2.63. The monoisotopic (exact) mass is 253 g/mol. The van der Waals surface area contributed by atoms with Gasteiger partial charge in [-0.2, -0.15) is 0 Å². The van der Waals surface area contributed by atoms with E-state index in [9.17, 15) is 4.79 Å². The van der Waals surface area contributed by atoms with Crippen LogP contribution in [0.25, 0.3) is 0 Å². The first-order chi connectivity index (χ1) is 8.33. The van der Waals surface area contributed by atoms with Crippen molar-refractivity contribution in [3.8, 4) is 0 Å². The molecule has 4 heterocycles. The molecule has 17 heavy (non-hydrogen) atoms. The highest BCUT2D eigenvalue weighted by Crippen LogP contribution is 2.18. The lowest BCUT2D eigenvalue weighted by atomic mass is 10.2. The number of carbonyl (C=O) groups is 1. The van der Waals surface area contributed by atoms with E-state index in [4.69, 9.17) is 0 Å². The highest BCUT2D eigenvalue weighted by Gasteiger charge is 2.34. The predicted octanol–water partition coefficient (Wildman–Crippen LogP) is -0.133. The molecule has 0 spiro atoms. The summed E-state index contributed by atoms with van der Waals surface area (Å²) in [6.07, 6.45) is 2.75. The van der Waals surface area contributed by atoms with Gasteiger partial charge >= 0.3 is 0 Å². The third kappa shape index (κ3) is 2.31. The van der Waals surface area contributed by atoms with Crippen LogP contribution in [0.15, 0.2) is 6.20 Å². The van der Waals surface area contributed by atoms with Crippen molar-refractivity contribution in [3.63, 3.8) is 0 Å². The van der Waals surface area contributed by atoms with E-state index >= 15 is 0 Å². The molecule has 4 rings (SSSR count). The second-order valence-electron chi connectivity index (χ2n) is 4.48. The van der Waals surface area contributed by atoms with Crippen LogP contribution in [-0.4, -0.2) is 64.1 Å². The zero-order valence-corrected chi connectivity index (χ0v) is 10.3. The van der Waals surface area contributed by atoms with Crippen LogP contribution in [0.1, 0.15) is 6.42 Å². The quantitative estimate of drug-likeness (QED) is 0.795. The van der Waals surface area contributed by atoms with Crippen LogP contribution in [-0.2, 0) is 4.79 Å². The summed E-state index contributed by atoms with van der Waals surface area (Å²) in [5, 5.41) is 7.34. The molecule has 3 aliphatic rings. The highest BCUT2D eigenvalue weighted by molar-refractivity contribution is 7.10. The fraction of sp³-hybridized carbons (Fsp3) is 0.700. The van der Waals surface area contributed by atoms with Gasteiger partial charge in [0.25, 0.3) is 0 Å². The number of amides is 1. The summed E-state index contributed by atoms with van der Waals surface area (Å²) < 4.78 is 3.74. The zero-order valence-electron chi connectivity index (χ0n) is 9.50. The number of nitrogens with one attached hydrogen (secondary N) is 1. The lowest BCUT2D eigenvalue weighted by Crippen LogP contribution is -2.55. The fourth-order valence-electron chi connectivity index (χ4n) is 2.52. The zero-order chi connectivity index (χ0) is 11.7. The van der Waals surface area contributed by atoms with Gasteiger partial charge in [0.05, 0.1) is 6.20 Å². The number of anilines is 1. The minimum absolute atomic E-state index is 0.0200. The summed E-state index contributed by atoms with van der Waals surface area (Å²) in [6.45, 7) is 5.07. The Kier molecular flexibility index (Phi) is 3.04. The third-order valence-corrected chi connectivity index (χ3v) is 3.99. The highest BCUT2D eigenvalue weighted by atomic mass is 32.1. The first kappa shape index (κ1) is 11.1. The minimum Gasteiger partial charge on any atom is -0.314 e. The van der Waals surface area contributed by atoms with E-state index < -0.39 is 0 Å². The molecule has 3 fully saturated rings. The third-order valence-electron chi connectivity index (χ3n) is 3.41. The molecule has 6 nitrogen and oxygen atoms in total. The maximum Gasteiger partial charge on any atom is 0.243 e. The number of carbonyl (C=O) groups excluding carboxylic acids is 1. The van der Waals surface area contributed by atoms with Gasteiger partial charge in [-0.05, 0) is 13.0 Å². The van der Waals surface area contributed by atoms with Gasteiger partial charge in [0.1, 0.15) is 11.0 Å². The second-order valence-corrected chi connectivity index (χ2v) is 5.26. The summed E-state index contributed by atoms with van der Waals surface area (Å²) in [7, 11) is 0. The van der Waals surface area contributed by atoms with Crippen LogP contribution in [0.4, 0.5) is 5.00 Å². The van der Waals surface area contributed by atoms with Gasteiger partial charge in [-0.1, -0.05) is 4.49 Å². The molecule has 3 atom stereocenters. The molecule has 1 aromatic rings. The molecule has 3 unspecified atom stereocenters. The summed E-state index contributed by atoms with van der Waals surface area (Å²) in [5.41, 5.74) is 0. The molecule has 0 aromatic carbocycles. The molecular weight excluding hydrogens is 238 g/mol. The molecular formula is C10H15N5OS. The Labute approximate surface area is 104 Å². The number of hydrogen-bond acceptors (Lipinski definition) is 6. The molecule has 1 N–H and O–H groups in total. The van der Waals surface area contributed by atoms with Gasteiger partial charge in [-0.3, -0.25) is 14.6 Å². The van der Waals surface area contributed by atoms with E-state index in [1.165, 1.54) is 11.5 Å². The minimum atomic E-state index is -0.0200. The molecule has 3 aliphatic heterocycles. The predicted molar refractivity (Wildman–Crippen MR) is 65.0 cm³/mol. The Morgan fingerprint density at radius 1 is 1.41 bits per heavy atom. The number of fused-ring (bicyclic) bond motifs is 4. The summed E-state index contributed by atoms with van der Waals surface area (Å²) in [4.78, 5) is 16.8. The van der Waals surface area contributed by atoms with E-state index in [0.717, 1.165) is 44.1 Å². The molecule has 2 bridgehead atoms. The van der Waals surface area contributed by atoms with Crippen molar-refractivity contribution in [1.82, 2.24) is 19.4 Å². The maximum atomic E-state index is 12.2. The van der Waals surface area contributed by atoms with Crippen LogP contribution >= 0.6 is 11.5 Å². The van der Waals surface area contributed by atoms with Crippen molar-refractivity contribution in [3.05, 3.63) is 6.20 Å². The van der Waals surface area contributed by atoms with Crippen molar-refractivity contribution < 1.29 is 4.79 Å². The number of nitrogens with zero attached hydrogens (tertiary/aromatic N) is 4. The van der Waals surface area contributed by atoms with Gasteiger partial charge in [0.15, 0.2) is 0 Å². The van der Waals surface area contributed by atoms with Crippen LogP contribution in [0.2, 0.25) is 0 Å². The van der Waals surface area contributed by atoms with Crippen molar-refractivity contribution in [2.24, 2.45) is 0 Å². The first-order valence-corrected chi connectivity index (χ1v) is 6.65. The van der Waals surface area contributed by atoms with E-state index in [-0.39, 0.29) is 11.9 Å². The molecule has 3 saturated heterocycles. The average molecular weight is 253 g/mol. The van der Waals surface area contributed by atoms with Crippen LogP contribution < -0.4 is 5.32 Å². The summed E-state index contributed by atoms with van der Waals surface area (Å²) in [6, 6.07) is -0.0200. The van der Waals surface area contributed by atoms with E-state index in [2.05, 4.69) is 24.7 Å². The molecule has 92 valence electrons. The number of aromatic nitrogens is 2. The van der Waals surface area contributed by atoms with Crippen molar-refractivity contribution >= 4 is 22.4 Å². The van der Waals surface area contributed by atoms with Gasteiger partial charge in [-0.25, -0.2) is 0 Å². The molecule has 0 saturated carbocycles. The van der Waals surface area contributed by atoms with Crippen molar-refractivity contribution in [1.29, 1.82) is 0 Å². The number of hydrogen-bond donors (Lipinski definition) is 1. The standard InChI is InChI=1S/C10H15N5OS/c16-10(12-9-6-11-13-17-9)8-7-14-2-1-3-15(8)5-4-14/h6,8H,1-5,7H2,(H,12,16). The second kappa shape index (κ2) is 4.67. The number of piperazine rings is 1. The van der Waals surface area contributed by atoms with Gasteiger partial charge in [0, 0.05) is 37.7 Å². The maximum absolute atomic E-state index is 12.2. The number of rotatable bonds is 2. The van der Waals surface area contributed by atoms with Crippen LogP contribution in [0, 0.1) is 0 Å². The van der Waals surface area contributed by atoms with Gasteiger partial charge in [-0.15, -0.1) is 5.10 Å². The van der Waals surface area contributed by atoms with Gasteiger partial charge in [0.2, 0.25) is 5.91 Å². The van der Waals surface area contributed by atoms with Crippen LogP contribution in [0.5, 0.6) is 0 Å². The van der Waals surface area contributed by atoms with Crippen LogP contribution in [0.3, 0.4) is 0 Å². The molecule has 1 amide bonds. The van der Waals surface area contributed by atoms with E-state index in [1.807, 2.05) is 0 Å². The fourth-order valence-corrected chi connectivity index (χ4v) is 2.94. The Bertz CT molecular complexity index is 391. The first-order valence-electron chi connectivity index (χ1n) is 5.87. The Balaban J connectivity index is 1.69. The van der Waals surface area contributed by atoms with E-state index in [0.29, 0.717) is 0 Å². The Morgan fingerprint density at radius 2 is 2.35 bits per heavy atom. The molecule has 0 radical (unpaired) electrons. The topological polar surface area (TPSA) is 61.4 Å². The largest absolute Gasteiger partial charge is 0.314 e. The Hall–Kier alpha value is -1.05. The smallest absolute Gasteiger partial charge is 0.243 e.